The molecule has 0 unspecified atom stereocenters. The molecule has 2 aromatic rings. The van der Waals surface area contributed by atoms with E-state index in [1.807, 2.05) is 30.3 Å². The molecule has 1 heterocycles. The summed E-state index contributed by atoms with van der Waals surface area (Å²) in [6.07, 6.45) is 0. The number of nitrogens with zero attached hydrogens (tertiary/aromatic N) is 1. The van der Waals surface area contributed by atoms with Crippen molar-refractivity contribution in [2.45, 2.75) is 6.04 Å². The zero-order valence-corrected chi connectivity index (χ0v) is 10.4. The lowest BCUT2D eigenvalue weighted by atomic mass is 10.1. The average Bonchev–Trinajstić information content (AvgIpc) is 2.95. The van der Waals surface area contributed by atoms with Crippen LogP contribution in [0.25, 0.3) is 11.3 Å². The summed E-state index contributed by atoms with van der Waals surface area (Å²) in [4.78, 5) is 22.5. The second-order valence-corrected chi connectivity index (χ2v) is 4.08. The number of aromatic nitrogens is 2. The fourth-order valence-electron chi connectivity index (χ4n) is 1.62. The molecule has 104 valence electrons. The van der Waals surface area contributed by atoms with E-state index in [-0.39, 0.29) is 5.69 Å². The molecule has 1 aromatic heterocycles. The number of hydrogen-bond acceptors (Lipinski definition) is 4. The number of H-pyrrole nitrogens is 1. The molecule has 1 amide bonds. The minimum Gasteiger partial charge on any atom is -0.480 e. The zero-order chi connectivity index (χ0) is 14.5. The Morgan fingerprint density at radius 3 is 2.60 bits per heavy atom. The lowest BCUT2D eigenvalue weighted by Crippen LogP contribution is -2.43. The first kappa shape index (κ1) is 13.8. The van der Waals surface area contributed by atoms with E-state index in [9.17, 15) is 9.59 Å². The molecule has 1 atom stereocenters. The predicted molar refractivity (Wildman–Crippen MR) is 70.0 cm³/mol. The summed E-state index contributed by atoms with van der Waals surface area (Å²) in [5, 5.41) is 26.3. The van der Waals surface area contributed by atoms with E-state index in [4.69, 9.17) is 10.2 Å². The molecule has 0 aliphatic carbocycles. The van der Waals surface area contributed by atoms with Crippen LogP contribution in [0.5, 0.6) is 0 Å². The number of aromatic amines is 1. The van der Waals surface area contributed by atoms with Gasteiger partial charge >= 0.3 is 5.97 Å². The molecular formula is C13H13N3O4. The van der Waals surface area contributed by atoms with Gasteiger partial charge in [0.1, 0.15) is 5.69 Å². The van der Waals surface area contributed by atoms with Crippen molar-refractivity contribution >= 4 is 11.9 Å². The van der Waals surface area contributed by atoms with Crippen molar-refractivity contribution in [2.24, 2.45) is 0 Å². The third kappa shape index (κ3) is 3.01. The van der Waals surface area contributed by atoms with Crippen LogP contribution in [0.4, 0.5) is 0 Å². The van der Waals surface area contributed by atoms with Crippen LogP contribution >= 0.6 is 0 Å². The molecule has 7 heteroatoms. The Hall–Kier alpha value is -2.67. The van der Waals surface area contributed by atoms with E-state index in [2.05, 4.69) is 15.5 Å². The molecule has 4 N–H and O–H groups in total. The summed E-state index contributed by atoms with van der Waals surface area (Å²) in [6.45, 7) is -0.680. The monoisotopic (exact) mass is 275 g/mol. The third-order valence-corrected chi connectivity index (χ3v) is 2.68. The van der Waals surface area contributed by atoms with Gasteiger partial charge in [-0.15, -0.1) is 0 Å². The van der Waals surface area contributed by atoms with Crippen LogP contribution in [0.1, 0.15) is 10.5 Å². The zero-order valence-electron chi connectivity index (χ0n) is 10.4. The summed E-state index contributed by atoms with van der Waals surface area (Å²) in [6, 6.07) is 9.40. The highest BCUT2D eigenvalue weighted by atomic mass is 16.4. The van der Waals surface area contributed by atoms with E-state index in [0.717, 1.165) is 5.56 Å². The first-order valence-electron chi connectivity index (χ1n) is 5.87. The summed E-state index contributed by atoms with van der Waals surface area (Å²) >= 11 is 0. The lowest BCUT2D eigenvalue weighted by Gasteiger charge is -2.09. The predicted octanol–water partition coefficient (Wildman–Crippen LogP) is 0.252. The number of carbonyl (C=O) groups excluding carboxylic acids is 1. The van der Waals surface area contributed by atoms with Gasteiger partial charge in [-0.05, 0) is 6.07 Å². The molecule has 20 heavy (non-hydrogen) atoms. The number of carbonyl (C=O) groups is 2. The van der Waals surface area contributed by atoms with Crippen LogP contribution in [0.3, 0.4) is 0 Å². The van der Waals surface area contributed by atoms with E-state index in [1.54, 1.807) is 0 Å². The van der Waals surface area contributed by atoms with Gasteiger partial charge in [-0.2, -0.15) is 5.10 Å². The SMILES string of the molecule is O=C(N[C@@H](CO)C(=O)O)c1cc(-c2ccccc2)n[nH]1. The van der Waals surface area contributed by atoms with Gasteiger partial charge in [0.05, 0.1) is 12.3 Å². The number of hydrogen-bond donors (Lipinski definition) is 4. The van der Waals surface area contributed by atoms with Crippen molar-refractivity contribution in [3.63, 3.8) is 0 Å². The lowest BCUT2D eigenvalue weighted by molar-refractivity contribution is -0.140. The number of nitrogens with one attached hydrogen (secondary N) is 2. The molecule has 7 nitrogen and oxygen atoms in total. The molecule has 0 fully saturated rings. The number of carboxylic acid groups (broad SMARTS) is 1. The number of amides is 1. The van der Waals surface area contributed by atoms with Crippen molar-refractivity contribution < 1.29 is 19.8 Å². The number of carboxylic acids is 1. The van der Waals surface area contributed by atoms with E-state index in [1.165, 1.54) is 6.07 Å². The van der Waals surface area contributed by atoms with Gasteiger partial charge in [-0.3, -0.25) is 9.89 Å². The normalized spacial score (nSPS) is 11.8. The van der Waals surface area contributed by atoms with E-state index in [0.29, 0.717) is 5.69 Å². The van der Waals surface area contributed by atoms with E-state index < -0.39 is 24.5 Å². The molecule has 0 spiro atoms. The van der Waals surface area contributed by atoms with Crippen LogP contribution in [0.2, 0.25) is 0 Å². The summed E-state index contributed by atoms with van der Waals surface area (Å²) in [5.41, 5.74) is 1.54. The second-order valence-electron chi connectivity index (χ2n) is 4.08. The van der Waals surface area contributed by atoms with Gasteiger partial charge in [-0.25, -0.2) is 4.79 Å². The Balaban J connectivity index is 2.13. The first-order valence-corrected chi connectivity index (χ1v) is 5.87. The van der Waals surface area contributed by atoms with Crippen LogP contribution in [0, 0.1) is 0 Å². The minimum absolute atomic E-state index is 0.128. The van der Waals surface area contributed by atoms with Gasteiger partial charge < -0.3 is 15.5 Å². The Bertz CT molecular complexity index is 609. The molecule has 0 bridgehead atoms. The van der Waals surface area contributed by atoms with Crippen molar-refractivity contribution in [3.8, 4) is 11.3 Å². The number of aliphatic carboxylic acids is 1. The Morgan fingerprint density at radius 2 is 2.00 bits per heavy atom. The molecule has 0 saturated heterocycles. The summed E-state index contributed by atoms with van der Waals surface area (Å²) < 4.78 is 0. The van der Waals surface area contributed by atoms with Crippen LogP contribution in [0.15, 0.2) is 36.4 Å². The average molecular weight is 275 g/mol. The molecule has 0 saturated carbocycles. The molecule has 1 aromatic carbocycles. The van der Waals surface area contributed by atoms with Crippen molar-refractivity contribution in [3.05, 3.63) is 42.1 Å². The Morgan fingerprint density at radius 1 is 1.30 bits per heavy atom. The highest BCUT2D eigenvalue weighted by molar-refractivity contribution is 5.95. The van der Waals surface area contributed by atoms with Crippen molar-refractivity contribution in [2.75, 3.05) is 6.61 Å². The Labute approximate surface area is 114 Å². The third-order valence-electron chi connectivity index (χ3n) is 2.68. The molecule has 0 radical (unpaired) electrons. The molecular weight excluding hydrogens is 262 g/mol. The maximum atomic E-state index is 11.8. The second kappa shape index (κ2) is 5.98. The highest BCUT2D eigenvalue weighted by Crippen LogP contribution is 2.16. The van der Waals surface area contributed by atoms with Gasteiger partial charge in [0.2, 0.25) is 0 Å². The Kier molecular flexibility index (Phi) is 4.11. The molecule has 2 rings (SSSR count). The van der Waals surface area contributed by atoms with Gasteiger partial charge in [-0.1, -0.05) is 30.3 Å². The minimum atomic E-state index is -1.34. The summed E-state index contributed by atoms with van der Waals surface area (Å²) in [7, 11) is 0. The highest BCUT2D eigenvalue weighted by Gasteiger charge is 2.20. The quantitative estimate of drug-likeness (QED) is 0.624. The van der Waals surface area contributed by atoms with Crippen molar-refractivity contribution in [1.82, 2.24) is 15.5 Å². The topological polar surface area (TPSA) is 115 Å². The smallest absolute Gasteiger partial charge is 0.328 e. The number of benzene rings is 1. The number of rotatable bonds is 5. The van der Waals surface area contributed by atoms with Crippen molar-refractivity contribution in [1.29, 1.82) is 0 Å². The first-order chi connectivity index (χ1) is 9.61. The van der Waals surface area contributed by atoms with Gasteiger partial charge in [0.25, 0.3) is 5.91 Å². The fraction of sp³-hybridized carbons (Fsp3) is 0.154. The van der Waals surface area contributed by atoms with Crippen LogP contribution in [-0.4, -0.2) is 44.9 Å². The molecule has 0 aliphatic rings. The van der Waals surface area contributed by atoms with Crippen LogP contribution < -0.4 is 5.32 Å². The number of aliphatic hydroxyl groups is 1. The standard InChI is InChI=1S/C13H13N3O4/c17-7-11(13(19)20)14-12(18)10-6-9(15-16-10)8-4-2-1-3-5-8/h1-6,11,17H,7H2,(H,14,18)(H,15,16)(H,19,20)/t11-/m0/s1. The van der Waals surface area contributed by atoms with Gasteiger partial charge in [0, 0.05) is 5.56 Å². The fourth-order valence-corrected chi connectivity index (χ4v) is 1.62. The maximum absolute atomic E-state index is 11.8. The summed E-state index contributed by atoms with van der Waals surface area (Å²) in [5.74, 6) is -1.94. The van der Waals surface area contributed by atoms with Crippen LogP contribution in [-0.2, 0) is 4.79 Å². The molecule has 0 aliphatic heterocycles. The van der Waals surface area contributed by atoms with E-state index >= 15 is 0 Å². The maximum Gasteiger partial charge on any atom is 0.328 e. The van der Waals surface area contributed by atoms with Gasteiger partial charge in [0.15, 0.2) is 6.04 Å². The number of aliphatic hydroxyl groups excluding tert-OH is 1. The largest absolute Gasteiger partial charge is 0.480 e.